The molecule has 33 heavy (non-hydrogen) atoms. The van der Waals surface area contributed by atoms with Crippen LogP contribution in [0.2, 0.25) is 10.0 Å². The van der Waals surface area contributed by atoms with Gasteiger partial charge in [0.25, 0.3) is 5.91 Å². The molecule has 1 aliphatic rings. The molecule has 4 aromatic rings. The fraction of sp³-hybridized carbons (Fsp3) is 0.0435. The van der Waals surface area contributed by atoms with Crippen molar-refractivity contribution in [3.63, 3.8) is 0 Å². The number of halogens is 2. The van der Waals surface area contributed by atoms with Gasteiger partial charge in [-0.25, -0.2) is 0 Å². The van der Waals surface area contributed by atoms with Crippen LogP contribution in [0.4, 0.5) is 10.8 Å². The third-order valence-corrected chi connectivity index (χ3v) is 6.89. The summed E-state index contributed by atoms with van der Waals surface area (Å²) < 4.78 is 5.95. The Morgan fingerprint density at radius 1 is 1.06 bits per heavy atom. The Bertz CT molecular complexity index is 1410. The number of hydrogen-bond donors (Lipinski definition) is 0. The lowest BCUT2D eigenvalue weighted by atomic mass is 10.2. The highest BCUT2D eigenvalue weighted by Gasteiger charge is 2.35. The Labute approximate surface area is 207 Å². The molecule has 164 valence electrons. The third kappa shape index (κ3) is 4.60. The van der Waals surface area contributed by atoms with Crippen molar-refractivity contribution in [2.24, 2.45) is 4.99 Å². The molecule has 6 nitrogen and oxygen atoms in total. The number of hydrogen-bond acceptors (Lipinski definition) is 7. The molecule has 3 heterocycles. The average Bonchev–Trinajstić information content (AvgIpc) is 3.51. The number of aliphatic imine (C=N–C) groups is 1. The fourth-order valence-electron chi connectivity index (χ4n) is 3.16. The van der Waals surface area contributed by atoms with E-state index < -0.39 is 0 Å². The molecule has 1 amide bonds. The number of aryl methyl sites for hydroxylation is 1. The molecule has 5 rings (SSSR count). The minimum absolute atomic E-state index is 0.204. The van der Waals surface area contributed by atoms with Crippen LogP contribution < -0.4 is 4.90 Å². The van der Waals surface area contributed by atoms with E-state index in [0.29, 0.717) is 48.0 Å². The van der Waals surface area contributed by atoms with Crippen LogP contribution in [0, 0.1) is 6.92 Å². The second-order valence-electron chi connectivity index (χ2n) is 6.91. The maximum absolute atomic E-state index is 13.3. The van der Waals surface area contributed by atoms with Crippen LogP contribution in [-0.2, 0) is 4.79 Å². The number of rotatable bonds is 4. The lowest BCUT2D eigenvalue weighted by Crippen LogP contribution is -2.28. The van der Waals surface area contributed by atoms with Crippen molar-refractivity contribution >= 4 is 74.3 Å². The van der Waals surface area contributed by atoms with Crippen molar-refractivity contribution < 1.29 is 9.21 Å². The number of furan rings is 1. The summed E-state index contributed by atoms with van der Waals surface area (Å²) in [5.74, 6) is 0.866. The van der Waals surface area contributed by atoms with Crippen LogP contribution in [0.15, 0.2) is 75.0 Å². The fourth-order valence-corrected chi connectivity index (χ4v) is 5.12. The van der Waals surface area contributed by atoms with Crippen LogP contribution in [0.1, 0.15) is 10.8 Å². The molecule has 0 radical (unpaired) electrons. The van der Waals surface area contributed by atoms with Gasteiger partial charge in [-0.1, -0.05) is 52.7 Å². The molecule has 0 unspecified atom stereocenters. The quantitative estimate of drug-likeness (QED) is 0.270. The van der Waals surface area contributed by atoms with E-state index in [1.54, 1.807) is 41.3 Å². The Morgan fingerprint density at radius 2 is 1.88 bits per heavy atom. The molecule has 1 aliphatic heterocycles. The standard InChI is InChI=1S/C23H14Cl2N4O2S2/c1-13-27-28-22(32-13)26-23-29(15-5-3-2-4-6-15)21(30)20(33-23)12-16-8-10-19(31-16)17-11-14(24)7-9-18(17)25/h2-12H,1H3/b20-12+,26-23+. The Balaban J connectivity index is 1.51. The van der Waals surface area contributed by atoms with E-state index in [1.165, 1.54) is 23.1 Å². The molecule has 2 aromatic heterocycles. The molecule has 10 heteroatoms. The second-order valence-corrected chi connectivity index (χ2v) is 9.92. The predicted octanol–water partition coefficient (Wildman–Crippen LogP) is 7.22. The van der Waals surface area contributed by atoms with E-state index in [9.17, 15) is 4.79 Å². The summed E-state index contributed by atoms with van der Waals surface area (Å²) in [6.07, 6.45) is 1.69. The number of aromatic nitrogens is 2. The van der Waals surface area contributed by atoms with E-state index >= 15 is 0 Å². The highest BCUT2D eigenvalue weighted by Crippen LogP contribution is 2.38. The summed E-state index contributed by atoms with van der Waals surface area (Å²) in [4.78, 5) is 19.9. The number of anilines is 1. The van der Waals surface area contributed by atoms with Crippen molar-refractivity contribution in [1.29, 1.82) is 0 Å². The highest BCUT2D eigenvalue weighted by atomic mass is 35.5. The molecule has 0 aliphatic carbocycles. The van der Waals surface area contributed by atoms with Crippen molar-refractivity contribution in [2.75, 3.05) is 4.90 Å². The van der Waals surface area contributed by atoms with Crippen LogP contribution in [0.25, 0.3) is 17.4 Å². The van der Waals surface area contributed by atoms with E-state index in [-0.39, 0.29) is 5.91 Å². The monoisotopic (exact) mass is 512 g/mol. The topological polar surface area (TPSA) is 71.6 Å². The van der Waals surface area contributed by atoms with E-state index in [2.05, 4.69) is 15.2 Å². The van der Waals surface area contributed by atoms with Crippen molar-refractivity contribution in [1.82, 2.24) is 10.2 Å². The molecule has 1 fully saturated rings. The van der Waals surface area contributed by atoms with Gasteiger partial charge >= 0.3 is 0 Å². The van der Waals surface area contributed by atoms with Gasteiger partial charge in [0, 0.05) is 16.7 Å². The number of amides is 1. The van der Waals surface area contributed by atoms with Gasteiger partial charge in [0.2, 0.25) is 5.13 Å². The largest absolute Gasteiger partial charge is 0.457 e. The first-order valence-corrected chi connectivity index (χ1v) is 12.1. The average molecular weight is 513 g/mol. The zero-order valence-corrected chi connectivity index (χ0v) is 20.2. The molecule has 2 aromatic carbocycles. The van der Waals surface area contributed by atoms with Gasteiger partial charge in [-0.2, -0.15) is 4.99 Å². The third-order valence-electron chi connectivity index (χ3n) is 4.62. The Hall–Kier alpha value is -2.91. The molecule has 0 saturated carbocycles. The zero-order valence-electron chi connectivity index (χ0n) is 17.0. The zero-order chi connectivity index (χ0) is 22.9. The second kappa shape index (κ2) is 9.15. The molecular formula is C23H14Cl2N4O2S2. The first-order chi connectivity index (χ1) is 16.0. The van der Waals surface area contributed by atoms with Crippen LogP contribution >= 0.6 is 46.3 Å². The van der Waals surface area contributed by atoms with Crippen molar-refractivity contribution in [2.45, 2.75) is 6.92 Å². The van der Waals surface area contributed by atoms with Gasteiger partial charge in [-0.05, 0) is 61.2 Å². The summed E-state index contributed by atoms with van der Waals surface area (Å²) >= 11 is 15.0. The van der Waals surface area contributed by atoms with Gasteiger partial charge in [-0.15, -0.1) is 10.2 Å². The number of benzene rings is 2. The van der Waals surface area contributed by atoms with Gasteiger partial charge < -0.3 is 4.42 Å². The highest BCUT2D eigenvalue weighted by molar-refractivity contribution is 8.19. The molecule has 1 saturated heterocycles. The van der Waals surface area contributed by atoms with E-state index in [4.69, 9.17) is 27.6 Å². The van der Waals surface area contributed by atoms with Crippen LogP contribution in [-0.4, -0.2) is 21.3 Å². The SMILES string of the molecule is Cc1nnc(/N=C2/S/C(=C/c3ccc(-c4cc(Cl)ccc4Cl)o3)C(=O)N2c2ccccc2)s1. The first-order valence-electron chi connectivity index (χ1n) is 9.71. The van der Waals surface area contributed by atoms with Gasteiger partial charge in [0.1, 0.15) is 16.5 Å². The summed E-state index contributed by atoms with van der Waals surface area (Å²) in [6, 6.07) is 18.1. The Morgan fingerprint density at radius 3 is 2.64 bits per heavy atom. The molecule has 0 N–H and O–H groups in total. The predicted molar refractivity (Wildman–Crippen MR) is 135 cm³/mol. The lowest BCUT2D eigenvalue weighted by Gasteiger charge is -2.14. The maximum Gasteiger partial charge on any atom is 0.271 e. The summed E-state index contributed by atoms with van der Waals surface area (Å²) in [7, 11) is 0. The maximum atomic E-state index is 13.3. The Kier molecular flexibility index (Phi) is 6.07. The summed E-state index contributed by atoms with van der Waals surface area (Å²) in [5.41, 5.74) is 1.39. The van der Waals surface area contributed by atoms with Crippen molar-refractivity contribution in [3.8, 4) is 11.3 Å². The van der Waals surface area contributed by atoms with Crippen molar-refractivity contribution in [3.05, 3.63) is 86.4 Å². The number of nitrogens with zero attached hydrogens (tertiary/aromatic N) is 4. The number of carbonyl (C=O) groups is 1. The summed E-state index contributed by atoms with van der Waals surface area (Å²) in [6.45, 7) is 1.86. The molecule has 0 spiro atoms. The van der Waals surface area contributed by atoms with E-state index in [0.717, 1.165) is 5.01 Å². The van der Waals surface area contributed by atoms with Gasteiger partial charge in [0.05, 0.1) is 15.6 Å². The smallest absolute Gasteiger partial charge is 0.271 e. The summed E-state index contributed by atoms with van der Waals surface area (Å²) in [5, 5.41) is 10.9. The van der Waals surface area contributed by atoms with Crippen LogP contribution in [0.3, 0.4) is 0 Å². The van der Waals surface area contributed by atoms with Gasteiger partial charge in [-0.3, -0.25) is 9.69 Å². The number of para-hydroxylation sites is 1. The first kappa shape index (κ1) is 21.9. The minimum Gasteiger partial charge on any atom is -0.457 e. The van der Waals surface area contributed by atoms with Gasteiger partial charge in [0.15, 0.2) is 5.17 Å². The normalized spacial score (nSPS) is 16.3. The van der Waals surface area contributed by atoms with Crippen LogP contribution in [0.5, 0.6) is 0 Å². The number of carbonyl (C=O) groups excluding carboxylic acids is 1. The number of amidine groups is 1. The molecular weight excluding hydrogens is 499 g/mol. The molecule has 0 bridgehead atoms. The number of thioether (sulfide) groups is 1. The molecule has 0 atom stereocenters. The lowest BCUT2D eigenvalue weighted by molar-refractivity contribution is -0.113. The van der Waals surface area contributed by atoms with E-state index in [1.807, 2.05) is 37.3 Å². The minimum atomic E-state index is -0.204.